The van der Waals surface area contributed by atoms with Crippen LogP contribution < -0.4 is 4.31 Å². The molecular formula is C15H11F3N2O2S. The molecule has 4 rings (SSSR count). The van der Waals surface area contributed by atoms with Gasteiger partial charge in [0.05, 0.1) is 6.04 Å². The van der Waals surface area contributed by atoms with E-state index in [4.69, 9.17) is 0 Å². The Balaban J connectivity index is 1.95. The number of aromatic nitrogens is 1. The second kappa shape index (κ2) is 4.47. The normalized spacial score (nSPS) is 22.7. The van der Waals surface area contributed by atoms with Gasteiger partial charge >= 0.3 is 15.5 Å². The molecule has 1 aromatic heterocycles. The van der Waals surface area contributed by atoms with Crippen LogP contribution in [0.4, 0.5) is 19.0 Å². The molecule has 0 unspecified atom stereocenters. The summed E-state index contributed by atoms with van der Waals surface area (Å²) in [6.07, 6.45) is 1.55. The van der Waals surface area contributed by atoms with Gasteiger partial charge in [-0.2, -0.15) is 21.6 Å². The number of alkyl halides is 3. The predicted octanol–water partition coefficient (Wildman–Crippen LogP) is 2.81. The van der Waals surface area contributed by atoms with E-state index in [-0.39, 0.29) is 12.2 Å². The predicted molar refractivity (Wildman–Crippen MR) is 77.5 cm³/mol. The summed E-state index contributed by atoms with van der Waals surface area (Å²) in [5.74, 6) is -0.527. The Morgan fingerprint density at radius 2 is 1.78 bits per heavy atom. The minimum absolute atomic E-state index is 0.116. The Kier molecular flexibility index (Phi) is 2.82. The fourth-order valence-electron chi connectivity index (χ4n) is 3.56. The van der Waals surface area contributed by atoms with Crippen LogP contribution in [-0.2, 0) is 16.4 Å². The highest BCUT2D eigenvalue weighted by Crippen LogP contribution is 2.52. The Bertz CT molecular complexity index is 896. The molecule has 1 aliphatic heterocycles. The van der Waals surface area contributed by atoms with E-state index in [1.54, 1.807) is 24.3 Å². The molecule has 0 N–H and O–H groups in total. The van der Waals surface area contributed by atoms with Gasteiger partial charge < -0.3 is 0 Å². The maximum Gasteiger partial charge on any atom is 0.516 e. The molecule has 0 radical (unpaired) electrons. The first-order valence-corrected chi connectivity index (χ1v) is 8.40. The summed E-state index contributed by atoms with van der Waals surface area (Å²) in [4.78, 5) is 3.92. The number of benzene rings is 1. The van der Waals surface area contributed by atoms with Crippen molar-refractivity contribution in [2.24, 2.45) is 0 Å². The zero-order chi connectivity index (χ0) is 16.4. The van der Waals surface area contributed by atoms with Crippen LogP contribution >= 0.6 is 0 Å². The van der Waals surface area contributed by atoms with Crippen LogP contribution in [-0.4, -0.2) is 25.0 Å². The van der Waals surface area contributed by atoms with E-state index in [1.807, 2.05) is 12.1 Å². The lowest BCUT2D eigenvalue weighted by molar-refractivity contribution is -0.0440. The zero-order valence-electron chi connectivity index (χ0n) is 11.7. The minimum atomic E-state index is -5.49. The first-order chi connectivity index (χ1) is 10.8. The third-order valence-corrected chi connectivity index (χ3v) is 5.96. The van der Waals surface area contributed by atoms with Crippen LogP contribution in [0.25, 0.3) is 0 Å². The number of anilines is 1. The highest BCUT2D eigenvalue weighted by molar-refractivity contribution is 7.93. The molecular weight excluding hydrogens is 329 g/mol. The SMILES string of the molecule is O=S(=O)(N1c2ncccc2[C@H]2c3ccccc3C[C@H]21)C(F)(F)F. The molecule has 23 heavy (non-hydrogen) atoms. The van der Waals surface area contributed by atoms with Crippen molar-refractivity contribution in [1.29, 1.82) is 0 Å². The van der Waals surface area contributed by atoms with E-state index < -0.39 is 27.5 Å². The second-order valence-electron chi connectivity index (χ2n) is 5.61. The van der Waals surface area contributed by atoms with Gasteiger partial charge in [-0.1, -0.05) is 30.3 Å². The van der Waals surface area contributed by atoms with E-state index in [2.05, 4.69) is 4.98 Å². The first-order valence-electron chi connectivity index (χ1n) is 6.96. The third-order valence-electron chi connectivity index (χ3n) is 4.42. The van der Waals surface area contributed by atoms with Crippen molar-refractivity contribution in [2.75, 3.05) is 4.31 Å². The van der Waals surface area contributed by atoms with Gasteiger partial charge in [0.15, 0.2) is 0 Å². The molecule has 0 fully saturated rings. The minimum Gasteiger partial charge on any atom is -0.241 e. The van der Waals surface area contributed by atoms with E-state index in [0.29, 0.717) is 9.87 Å². The number of fused-ring (bicyclic) bond motifs is 5. The fraction of sp³-hybridized carbons (Fsp3) is 0.267. The monoisotopic (exact) mass is 340 g/mol. The van der Waals surface area contributed by atoms with Crippen LogP contribution in [0.3, 0.4) is 0 Å². The van der Waals surface area contributed by atoms with Crippen LogP contribution in [0.2, 0.25) is 0 Å². The van der Waals surface area contributed by atoms with Gasteiger partial charge in [0.25, 0.3) is 0 Å². The number of hydrogen-bond acceptors (Lipinski definition) is 3. The lowest BCUT2D eigenvalue weighted by atomic mass is 9.94. The summed E-state index contributed by atoms with van der Waals surface area (Å²) in [7, 11) is -5.49. The molecule has 1 aromatic carbocycles. The molecule has 0 spiro atoms. The van der Waals surface area contributed by atoms with Gasteiger partial charge in [0.2, 0.25) is 0 Å². The molecule has 0 saturated heterocycles. The molecule has 120 valence electrons. The summed E-state index contributed by atoms with van der Waals surface area (Å²) in [6.45, 7) is 0. The number of nitrogens with zero attached hydrogens (tertiary/aromatic N) is 2. The van der Waals surface area contributed by atoms with E-state index >= 15 is 0 Å². The average molecular weight is 340 g/mol. The van der Waals surface area contributed by atoms with Gasteiger partial charge in [-0.15, -0.1) is 0 Å². The molecule has 4 nitrogen and oxygen atoms in total. The quantitative estimate of drug-likeness (QED) is 0.802. The van der Waals surface area contributed by atoms with Gasteiger partial charge in [-0.3, -0.25) is 0 Å². The Labute approximate surface area is 130 Å². The highest BCUT2D eigenvalue weighted by Gasteiger charge is 2.58. The largest absolute Gasteiger partial charge is 0.516 e. The molecule has 0 bridgehead atoms. The molecule has 2 aromatic rings. The summed E-state index contributed by atoms with van der Waals surface area (Å²) < 4.78 is 63.9. The fourth-order valence-corrected chi connectivity index (χ4v) is 4.72. The Morgan fingerprint density at radius 1 is 1.09 bits per heavy atom. The molecule has 8 heteroatoms. The standard InChI is InChI=1S/C15H11F3N2O2S/c16-15(17,18)23(21,22)20-12-8-9-4-1-2-5-10(9)13(12)11-6-3-7-19-14(11)20/h1-7,12-13H,8H2/t12-,13-/m1/s1. The summed E-state index contributed by atoms with van der Waals surface area (Å²) in [6, 6.07) is 9.70. The number of rotatable bonds is 1. The topological polar surface area (TPSA) is 50.3 Å². The molecule has 0 amide bonds. The third kappa shape index (κ3) is 1.84. The second-order valence-corrected chi connectivity index (χ2v) is 7.42. The van der Waals surface area contributed by atoms with Crippen molar-refractivity contribution >= 4 is 15.8 Å². The molecule has 1 aliphatic carbocycles. The molecule has 2 aliphatic rings. The van der Waals surface area contributed by atoms with E-state index in [1.165, 1.54) is 6.20 Å². The number of hydrogen-bond donors (Lipinski definition) is 0. The van der Waals surface area contributed by atoms with Gasteiger partial charge in [0, 0.05) is 17.7 Å². The summed E-state index contributed by atoms with van der Waals surface area (Å²) in [5, 5.41) is 0. The number of pyridine rings is 1. The van der Waals surface area contributed by atoms with E-state index in [9.17, 15) is 21.6 Å². The molecule has 0 saturated carbocycles. The summed E-state index contributed by atoms with van der Waals surface area (Å²) >= 11 is 0. The smallest absolute Gasteiger partial charge is 0.241 e. The van der Waals surface area contributed by atoms with Crippen LogP contribution in [0, 0.1) is 0 Å². The maximum absolute atomic E-state index is 13.1. The highest BCUT2D eigenvalue weighted by atomic mass is 32.2. The average Bonchev–Trinajstić information content (AvgIpc) is 2.99. The number of halogens is 3. The van der Waals surface area contributed by atoms with Crippen molar-refractivity contribution in [3.05, 3.63) is 59.3 Å². The van der Waals surface area contributed by atoms with Crippen molar-refractivity contribution in [3.63, 3.8) is 0 Å². The van der Waals surface area contributed by atoms with Crippen molar-refractivity contribution in [3.8, 4) is 0 Å². The molecule has 2 heterocycles. The van der Waals surface area contributed by atoms with Gasteiger partial charge in [0.1, 0.15) is 5.82 Å². The van der Waals surface area contributed by atoms with Crippen LogP contribution in [0.5, 0.6) is 0 Å². The first kappa shape index (κ1) is 14.5. The Morgan fingerprint density at radius 3 is 2.52 bits per heavy atom. The maximum atomic E-state index is 13.1. The lowest BCUT2D eigenvalue weighted by Crippen LogP contribution is -2.45. The Hall–Kier alpha value is -2.09. The van der Waals surface area contributed by atoms with Gasteiger partial charge in [-0.25, -0.2) is 9.29 Å². The summed E-state index contributed by atoms with van der Waals surface area (Å²) in [5.41, 5.74) is -3.09. The molecule has 2 atom stereocenters. The van der Waals surface area contributed by atoms with E-state index in [0.717, 1.165) is 11.1 Å². The van der Waals surface area contributed by atoms with Crippen molar-refractivity contribution in [1.82, 2.24) is 4.98 Å². The zero-order valence-corrected chi connectivity index (χ0v) is 12.5. The van der Waals surface area contributed by atoms with Crippen LogP contribution in [0.15, 0.2) is 42.6 Å². The lowest BCUT2D eigenvalue weighted by Gasteiger charge is -2.26. The van der Waals surface area contributed by atoms with Crippen LogP contribution in [0.1, 0.15) is 22.6 Å². The van der Waals surface area contributed by atoms with Crippen molar-refractivity contribution < 1.29 is 21.6 Å². The van der Waals surface area contributed by atoms with Crippen molar-refractivity contribution in [2.45, 2.75) is 23.9 Å². The number of sulfonamides is 1. The van der Waals surface area contributed by atoms with Gasteiger partial charge in [-0.05, 0) is 23.6 Å².